The second kappa shape index (κ2) is 5.66. The van der Waals surface area contributed by atoms with Gasteiger partial charge in [-0.1, -0.05) is 25.1 Å². The number of nitrogens with one attached hydrogen (secondary N) is 1. The molecule has 0 radical (unpaired) electrons. The summed E-state index contributed by atoms with van der Waals surface area (Å²) in [6.45, 7) is 6.92. The van der Waals surface area contributed by atoms with E-state index in [-0.39, 0.29) is 6.04 Å². The van der Waals surface area contributed by atoms with Crippen molar-refractivity contribution in [3.05, 3.63) is 59.4 Å². The van der Waals surface area contributed by atoms with Crippen LogP contribution < -0.4 is 5.32 Å². The molecule has 0 aliphatic rings. The number of aryl methyl sites for hydroxylation is 2. The fourth-order valence-corrected chi connectivity index (χ4v) is 2.45. The first kappa shape index (κ1) is 13.8. The first-order chi connectivity index (χ1) is 10.2. The van der Waals surface area contributed by atoms with Crippen LogP contribution in [0.3, 0.4) is 0 Å². The lowest BCUT2D eigenvalue weighted by molar-refractivity contribution is 0.463. The monoisotopic (exact) mass is 281 g/mol. The average Bonchev–Trinajstić information content (AvgIpc) is 2.91. The lowest BCUT2D eigenvalue weighted by Crippen LogP contribution is -2.23. The van der Waals surface area contributed by atoms with Gasteiger partial charge in [0, 0.05) is 17.8 Å². The minimum Gasteiger partial charge on any atom is -0.459 e. The number of para-hydroxylation sites is 1. The molecular formula is C17H19N3O. The SMILES string of the molecule is CCNC(c1ncc(C)cn1)c1cc2cccc(C)c2o1. The Morgan fingerprint density at radius 3 is 2.62 bits per heavy atom. The molecule has 0 spiro atoms. The summed E-state index contributed by atoms with van der Waals surface area (Å²) in [6.07, 6.45) is 3.67. The Hall–Kier alpha value is -2.20. The second-order valence-electron chi connectivity index (χ2n) is 5.25. The molecule has 3 rings (SSSR count). The molecule has 0 bridgehead atoms. The molecule has 0 saturated carbocycles. The van der Waals surface area contributed by atoms with Crippen LogP contribution in [-0.2, 0) is 0 Å². The topological polar surface area (TPSA) is 51.0 Å². The summed E-state index contributed by atoms with van der Waals surface area (Å²) >= 11 is 0. The van der Waals surface area contributed by atoms with E-state index in [1.54, 1.807) is 0 Å². The maximum Gasteiger partial charge on any atom is 0.152 e. The van der Waals surface area contributed by atoms with Gasteiger partial charge in [-0.3, -0.25) is 0 Å². The van der Waals surface area contributed by atoms with Crippen LogP contribution in [-0.4, -0.2) is 16.5 Å². The molecule has 0 amide bonds. The van der Waals surface area contributed by atoms with Crippen molar-refractivity contribution in [1.29, 1.82) is 0 Å². The molecule has 0 aliphatic heterocycles. The second-order valence-corrected chi connectivity index (χ2v) is 5.25. The third-order valence-electron chi connectivity index (χ3n) is 3.51. The van der Waals surface area contributed by atoms with E-state index in [0.717, 1.165) is 40.2 Å². The molecular weight excluding hydrogens is 262 g/mol. The lowest BCUT2D eigenvalue weighted by Gasteiger charge is -2.13. The molecule has 1 N–H and O–H groups in total. The molecule has 0 saturated heterocycles. The van der Waals surface area contributed by atoms with Gasteiger partial charge in [-0.25, -0.2) is 9.97 Å². The summed E-state index contributed by atoms with van der Waals surface area (Å²) in [6, 6.07) is 8.11. The van der Waals surface area contributed by atoms with E-state index < -0.39 is 0 Å². The molecule has 2 aromatic heterocycles. The van der Waals surface area contributed by atoms with Crippen molar-refractivity contribution in [2.24, 2.45) is 0 Å². The summed E-state index contributed by atoms with van der Waals surface area (Å²) in [4.78, 5) is 8.87. The van der Waals surface area contributed by atoms with Crippen molar-refractivity contribution in [3.63, 3.8) is 0 Å². The van der Waals surface area contributed by atoms with Crippen LogP contribution in [0.1, 0.15) is 35.7 Å². The number of hydrogen-bond acceptors (Lipinski definition) is 4. The van der Waals surface area contributed by atoms with Crippen molar-refractivity contribution in [3.8, 4) is 0 Å². The van der Waals surface area contributed by atoms with E-state index in [2.05, 4.69) is 47.3 Å². The van der Waals surface area contributed by atoms with Gasteiger partial charge in [0.25, 0.3) is 0 Å². The standard InChI is InChI=1S/C17H19N3O/c1-4-18-15(17-19-9-11(2)10-20-17)14-8-13-7-5-6-12(3)16(13)21-14/h5-10,15,18H,4H2,1-3H3. The molecule has 4 heteroatoms. The fourth-order valence-electron chi connectivity index (χ4n) is 2.45. The third-order valence-corrected chi connectivity index (χ3v) is 3.51. The smallest absolute Gasteiger partial charge is 0.152 e. The summed E-state index contributed by atoms with van der Waals surface area (Å²) in [7, 11) is 0. The molecule has 0 fully saturated rings. The minimum absolute atomic E-state index is 0.123. The Morgan fingerprint density at radius 2 is 1.95 bits per heavy atom. The van der Waals surface area contributed by atoms with Crippen LogP contribution >= 0.6 is 0 Å². The number of furan rings is 1. The predicted octanol–water partition coefficient (Wildman–Crippen LogP) is 3.54. The fraction of sp³-hybridized carbons (Fsp3) is 0.294. The van der Waals surface area contributed by atoms with E-state index in [0.29, 0.717) is 0 Å². The molecule has 4 nitrogen and oxygen atoms in total. The van der Waals surface area contributed by atoms with E-state index >= 15 is 0 Å². The van der Waals surface area contributed by atoms with E-state index in [1.807, 2.05) is 25.4 Å². The van der Waals surface area contributed by atoms with Gasteiger partial charge in [0.1, 0.15) is 17.4 Å². The minimum atomic E-state index is -0.123. The Bertz CT molecular complexity index is 746. The molecule has 0 aliphatic carbocycles. The van der Waals surface area contributed by atoms with Crippen molar-refractivity contribution < 1.29 is 4.42 Å². The first-order valence-electron chi connectivity index (χ1n) is 7.20. The highest BCUT2D eigenvalue weighted by atomic mass is 16.3. The van der Waals surface area contributed by atoms with Gasteiger partial charge in [-0.2, -0.15) is 0 Å². The quantitative estimate of drug-likeness (QED) is 0.794. The molecule has 21 heavy (non-hydrogen) atoms. The third kappa shape index (κ3) is 2.67. The predicted molar refractivity (Wildman–Crippen MR) is 83.2 cm³/mol. The maximum absolute atomic E-state index is 6.06. The van der Waals surface area contributed by atoms with Crippen LogP contribution in [0.4, 0.5) is 0 Å². The number of rotatable bonds is 4. The van der Waals surface area contributed by atoms with Crippen LogP contribution in [0.5, 0.6) is 0 Å². The van der Waals surface area contributed by atoms with Gasteiger partial charge in [0.2, 0.25) is 0 Å². The Kier molecular flexibility index (Phi) is 3.71. The number of fused-ring (bicyclic) bond motifs is 1. The van der Waals surface area contributed by atoms with Crippen molar-refractivity contribution in [2.75, 3.05) is 6.54 Å². The molecule has 1 aromatic carbocycles. The summed E-state index contributed by atoms with van der Waals surface area (Å²) in [5.41, 5.74) is 3.12. The van der Waals surface area contributed by atoms with Crippen LogP contribution in [0, 0.1) is 13.8 Å². The highest BCUT2D eigenvalue weighted by Gasteiger charge is 2.20. The zero-order valence-electron chi connectivity index (χ0n) is 12.6. The number of benzene rings is 1. The van der Waals surface area contributed by atoms with Gasteiger partial charge >= 0.3 is 0 Å². The van der Waals surface area contributed by atoms with E-state index in [4.69, 9.17) is 4.42 Å². The van der Waals surface area contributed by atoms with Gasteiger partial charge in [0.05, 0.1) is 0 Å². The van der Waals surface area contributed by atoms with E-state index in [1.165, 1.54) is 0 Å². The Balaban J connectivity index is 2.06. The van der Waals surface area contributed by atoms with Gasteiger partial charge in [-0.15, -0.1) is 0 Å². The van der Waals surface area contributed by atoms with Gasteiger partial charge < -0.3 is 9.73 Å². The lowest BCUT2D eigenvalue weighted by atomic mass is 10.1. The van der Waals surface area contributed by atoms with Crippen molar-refractivity contribution >= 4 is 11.0 Å². The largest absolute Gasteiger partial charge is 0.459 e. The first-order valence-corrected chi connectivity index (χ1v) is 7.20. The Morgan fingerprint density at radius 1 is 1.19 bits per heavy atom. The average molecular weight is 281 g/mol. The van der Waals surface area contributed by atoms with Gasteiger partial charge in [0.15, 0.2) is 5.82 Å². The maximum atomic E-state index is 6.06. The van der Waals surface area contributed by atoms with Crippen LogP contribution in [0.25, 0.3) is 11.0 Å². The number of hydrogen-bond donors (Lipinski definition) is 1. The highest BCUT2D eigenvalue weighted by molar-refractivity contribution is 5.81. The van der Waals surface area contributed by atoms with Crippen molar-refractivity contribution in [2.45, 2.75) is 26.8 Å². The number of nitrogens with zero attached hydrogens (tertiary/aromatic N) is 2. The van der Waals surface area contributed by atoms with Crippen LogP contribution in [0.15, 0.2) is 41.1 Å². The molecule has 108 valence electrons. The Labute approximate surface area is 124 Å². The van der Waals surface area contributed by atoms with Gasteiger partial charge in [-0.05, 0) is 37.6 Å². The molecule has 3 aromatic rings. The zero-order valence-corrected chi connectivity index (χ0v) is 12.6. The van der Waals surface area contributed by atoms with Crippen molar-refractivity contribution in [1.82, 2.24) is 15.3 Å². The number of aromatic nitrogens is 2. The zero-order chi connectivity index (χ0) is 14.8. The van der Waals surface area contributed by atoms with E-state index in [9.17, 15) is 0 Å². The molecule has 1 atom stereocenters. The highest BCUT2D eigenvalue weighted by Crippen LogP contribution is 2.28. The molecule has 1 unspecified atom stereocenters. The summed E-state index contributed by atoms with van der Waals surface area (Å²) < 4.78 is 6.06. The summed E-state index contributed by atoms with van der Waals surface area (Å²) in [5.74, 6) is 1.59. The summed E-state index contributed by atoms with van der Waals surface area (Å²) in [5, 5.41) is 4.51. The van der Waals surface area contributed by atoms with Crippen LogP contribution in [0.2, 0.25) is 0 Å². The normalized spacial score (nSPS) is 12.7. The molecule has 2 heterocycles.